The lowest BCUT2D eigenvalue weighted by molar-refractivity contribution is 0.867. The van der Waals surface area contributed by atoms with Gasteiger partial charge in [-0.25, -0.2) is 9.67 Å². The molecular formula is C9H8BrN3. The van der Waals surface area contributed by atoms with Crippen LogP contribution in [0.15, 0.2) is 35.3 Å². The molecule has 0 unspecified atom stereocenters. The van der Waals surface area contributed by atoms with Crippen molar-refractivity contribution in [2.75, 3.05) is 0 Å². The molecule has 0 bridgehead atoms. The summed E-state index contributed by atoms with van der Waals surface area (Å²) in [4.78, 5) is 4.12. The van der Waals surface area contributed by atoms with Gasteiger partial charge < -0.3 is 0 Å². The van der Waals surface area contributed by atoms with Crippen molar-refractivity contribution in [2.24, 2.45) is 0 Å². The van der Waals surface area contributed by atoms with Crippen LogP contribution in [0.4, 0.5) is 0 Å². The topological polar surface area (TPSA) is 30.7 Å². The van der Waals surface area contributed by atoms with Crippen LogP contribution >= 0.6 is 15.9 Å². The van der Waals surface area contributed by atoms with Crippen molar-refractivity contribution in [3.05, 3.63) is 40.9 Å². The number of hydrogen-bond donors (Lipinski definition) is 0. The third-order valence-corrected chi connectivity index (χ3v) is 2.31. The van der Waals surface area contributed by atoms with Crippen LogP contribution < -0.4 is 0 Å². The Bertz CT molecular complexity index is 422. The SMILES string of the molecule is Cc1cnn(-c2cccnc2Br)c1. The van der Waals surface area contributed by atoms with Crippen LogP contribution in [-0.4, -0.2) is 14.8 Å². The highest BCUT2D eigenvalue weighted by atomic mass is 79.9. The fourth-order valence-electron chi connectivity index (χ4n) is 1.09. The molecule has 0 radical (unpaired) electrons. The van der Waals surface area contributed by atoms with Gasteiger partial charge in [-0.1, -0.05) is 0 Å². The van der Waals surface area contributed by atoms with Crippen LogP contribution in [0.25, 0.3) is 5.69 Å². The summed E-state index contributed by atoms with van der Waals surface area (Å²) in [5, 5.41) is 4.19. The summed E-state index contributed by atoms with van der Waals surface area (Å²) in [7, 11) is 0. The molecule has 0 amide bonds. The first-order valence-corrected chi connectivity index (χ1v) is 4.69. The molecule has 2 aromatic heterocycles. The smallest absolute Gasteiger partial charge is 0.131 e. The van der Waals surface area contributed by atoms with Gasteiger partial charge in [-0.3, -0.25) is 0 Å². The first kappa shape index (κ1) is 8.44. The molecule has 0 atom stereocenters. The van der Waals surface area contributed by atoms with E-state index in [1.807, 2.05) is 31.5 Å². The molecule has 0 fully saturated rings. The van der Waals surface area contributed by atoms with Crippen molar-refractivity contribution in [3.63, 3.8) is 0 Å². The van der Waals surface area contributed by atoms with Gasteiger partial charge in [-0.05, 0) is 40.5 Å². The minimum atomic E-state index is 0.804. The van der Waals surface area contributed by atoms with Gasteiger partial charge in [-0.15, -0.1) is 0 Å². The minimum absolute atomic E-state index is 0.804. The maximum Gasteiger partial charge on any atom is 0.131 e. The van der Waals surface area contributed by atoms with Crippen molar-refractivity contribution < 1.29 is 0 Å². The Labute approximate surface area is 84.5 Å². The van der Waals surface area contributed by atoms with Crippen LogP contribution in [-0.2, 0) is 0 Å². The quantitative estimate of drug-likeness (QED) is 0.714. The summed E-state index contributed by atoms with van der Waals surface area (Å²) < 4.78 is 2.60. The van der Waals surface area contributed by atoms with E-state index >= 15 is 0 Å². The van der Waals surface area contributed by atoms with Gasteiger partial charge in [0.2, 0.25) is 0 Å². The standard InChI is InChI=1S/C9H8BrN3/c1-7-5-12-13(6-7)8-3-2-4-11-9(8)10/h2-6H,1H3. The zero-order valence-electron chi connectivity index (χ0n) is 7.11. The van der Waals surface area contributed by atoms with Crippen LogP contribution in [0.1, 0.15) is 5.56 Å². The van der Waals surface area contributed by atoms with Gasteiger partial charge in [0, 0.05) is 12.4 Å². The largest absolute Gasteiger partial charge is 0.247 e. The molecule has 0 aliphatic heterocycles. The molecule has 2 heterocycles. The Kier molecular flexibility index (Phi) is 2.14. The van der Waals surface area contributed by atoms with Gasteiger partial charge in [0.05, 0.1) is 11.9 Å². The fraction of sp³-hybridized carbons (Fsp3) is 0.111. The number of rotatable bonds is 1. The fourth-order valence-corrected chi connectivity index (χ4v) is 1.53. The average molecular weight is 238 g/mol. The molecule has 66 valence electrons. The number of aromatic nitrogens is 3. The summed E-state index contributed by atoms with van der Waals surface area (Å²) >= 11 is 3.37. The summed E-state index contributed by atoms with van der Waals surface area (Å²) in [6, 6.07) is 3.85. The minimum Gasteiger partial charge on any atom is -0.247 e. The van der Waals surface area contributed by atoms with Gasteiger partial charge in [0.25, 0.3) is 0 Å². The Balaban J connectivity index is 2.52. The number of pyridine rings is 1. The molecule has 0 aliphatic carbocycles. The van der Waals surface area contributed by atoms with E-state index in [1.165, 1.54) is 0 Å². The second-order valence-electron chi connectivity index (χ2n) is 2.78. The number of hydrogen-bond acceptors (Lipinski definition) is 2. The molecule has 0 aliphatic rings. The third-order valence-electron chi connectivity index (χ3n) is 1.70. The van der Waals surface area contributed by atoms with E-state index in [4.69, 9.17) is 0 Å². The lowest BCUT2D eigenvalue weighted by Gasteiger charge is -2.01. The Morgan fingerprint density at radius 2 is 2.31 bits per heavy atom. The van der Waals surface area contributed by atoms with Crippen molar-refractivity contribution in [1.29, 1.82) is 0 Å². The van der Waals surface area contributed by atoms with Gasteiger partial charge in [0.1, 0.15) is 4.60 Å². The molecule has 0 aromatic carbocycles. The maximum absolute atomic E-state index is 4.19. The molecule has 0 saturated carbocycles. The highest BCUT2D eigenvalue weighted by Crippen LogP contribution is 2.16. The molecule has 0 spiro atoms. The predicted molar refractivity (Wildman–Crippen MR) is 53.8 cm³/mol. The predicted octanol–water partition coefficient (Wildman–Crippen LogP) is 2.34. The van der Waals surface area contributed by atoms with E-state index in [0.717, 1.165) is 15.9 Å². The summed E-state index contributed by atoms with van der Waals surface area (Å²) in [5.41, 5.74) is 2.09. The van der Waals surface area contributed by atoms with Crippen molar-refractivity contribution in [2.45, 2.75) is 6.92 Å². The monoisotopic (exact) mass is 237 g/mol. The summed E-state index contributed by atoms with van der Waals surface area (Å²) in [5.74, 6) is 0. The first-order valence-electron chi connectivity index (χ1n) is 3.89. The van der Waals surface area contributed by atoms with E-state index in [2.05, 4.69) is 26.0 Å². The van der Waals surface area contributed by atoms with Crippen molar-refractivity contribution >= 4 is 15.9 Å². The van der Waals surface area contributed by atoms with E-state index in [0.29, 0.717) is 0 Å². The Hall–Kier alpha value is -1.16. The highest BCUT2D eigenvalue weighted by molar-refractivity contribution is 9.10. The Morgan fingerprint density at radius 3 is 2.92 bits per heavy atom. The van der Waals surface area contributed by atoms with Gasteiger partial charge in [0.15, 0.2) is 0 Å². The molecule has 3 nitrogen and oxygen atoms in total. The summed E-state index contributed by atoms with van der Waals surface area (Å²) in [6.45, 7) is 2.01. The number of halogens is 1. The molecule has 0 N–H and O–H groups in total. The van der Waals surface area contributed by atoms with E-state index < -0.39 is 0 Å². The second kappa shape index (κ2) is 3.30. The van der Waals surface area contributed by atoms with Gasteiger partial charge >= 0.3 is 0 Å². The molecular weight excluding hydrogens is 230 g/mol. The third kappa shape index (κ3) is 1.62. The Morgan fingerprint density at radius 1 is 1.46 bits per heavy atom. The number of aryl methyl sites for hydroxylation is 1. The van der Waals surface area contributed by atoms with Crippen LogP contribution in [0, 0.1) is 6.92 Å². The number of nitrogens with zero attached hydrogens (tertiary/aromatic N) is 3. The lowest BCUT2D eigenvalue weighted by atomic mass is 10.4. The molecule has 0 saturated heterocycles. The average Bonchev–Trinajstić information content (AvgIpc) is 2.53. The zero-order chi connectivity index (χ0) is 9.26. The first-order chi connectivity index (χ1) is 6.27. The maximum atomic E-state index is 4.19. The molecule has 4 heteroatoms. The van der Waals surface area contributed by atoms with E-state index in [-0.39, 0.29) is 0 Å². The van der Waals surface area contributed by atoms with Crippen molar-refractivity contribution in [3.8, 4) is 5.69 Å². The van der Waals surface area contributed by atoms with Crippen LogP contribution in [0.2, 0.25) is 0 Å². The van der Waals surface area contributed by atoms with Crippen molar-refractivity contribution in [1.82, 2.24) is 14.8 Å². The molecule has 2 rings (SSSR count). The van der Waals surface area contributed by atoms with Crippen LogP contribution in [0.5, 0.6) is 0 Å². The van der Waals surface area contributed by atoms with E-state index in [1.54, 1.807) is 10.9 Å². The highest BCUT2D eigenvalue weighted by Gasteiger charge is 2.02. The van der Waals surface area contributed by atoms with Gasteiger partial charge in [-0.2, -0.15) is 5.10 Å². The molecule has 2 aromatic rings. The normalized spacial score (nSPS) is 10.3. The molecule has 13 heavy (non-hydrogen) atoms. The second-order valence-corrected chi connectivity index (χ2v) is 3.53. The summed E-state index contributed by atoms with van der Waals surface area (Å²) in [6.07, 6.45) is 5.52. The lowest BCUT2D eigenvalue weighted by Crippen LogP contribution is -1.96. The van der Waals surface area contributed by atoms with E-state index in [9.17, 15) is 0 Å². The van der Waals surface area contributed by atoms with Crippen LogP contribution in [0.3, 0.4) is 0 Å². The zero-order valence-corrected chi connectivity index (χ0v) is 8.69.